The zero-order chi connectivity index (χ0) is 12.8. The summed E-state index contributed by atoms with van der Waals surface area (Å²) in [5.74, 6) is 0.982. The quantitative estimate of drug-likeness (QED) is 0.636. The summed E-state index contributed by atoms with van der Waals surface area (Å²) >= 11 is 0. The Hall–Kier alpha value is -1.42. The molecule has 1 heterocycles. The Bertz CT molecular complexity index is 406. The van der Waals surface area contributed by atoms with Gasteiger partial charge in [-0.05, 0) is 25.7 Å². The molecule has 4 heteroatoms. The average Bonchev–Trinajstić information content (AvgIpc) is 2.63. The predicted molar refractivity (Wildman–Crippen MR) is 72.8 cm³/mol. The molecule has 1 N–H and O–H groups in total. The molecule has 0 aromatic carbocycles. The third-order valence-corrected chi connectivity index (χ3v) is 3.37. The highest BCUT2D eigenvalue weighted by Gasteiger charge is 2.17. The van der Waals surface area contributed by atoms with Crippen LogP contribution in [0.2, 0.25) is 0 Å². The highest BCUT2D eigenvalue weighted by atomic mass is 16.3. The smallest absolute Gasteiger partial charge is 0.135 e. The monoisotopic (exact) mass is 247 g/mol. The van der Waals surface area contributed by atoms with Crippen molar-refractivity contribution in [3.05, 3.63) is 30.2 Å². The number of aryl methyl sites for hydroxylation is 1. The lowest BCUT2D eigenvalue weighted by Gasteiger charge is -2.24. The lowest BCUT2D eigenvalue weighted by molar-refractivity contribution is 0.302. The van der Waals surface area contributed by atoms with Gasteiger partial charge in [0.2, 0.25) is 0 Å². The number of hydrogen-bond donors (Lipinski definition) is 1. The second kappa shape index (κ2) is 6.50. The summed E-state index contributed by atoms with van der Waals surface area (Å²) in [4.78, 5) is 10.9. The van der Waals surface area contributed by atoms with E-state index in [0.717, 1.165) is 18.7 Å². The SMILES string of the molecule is C=CCN(CCO)c1ncnc2c1CCCCC2. The van der Waals surface area contributed by atoms with E-state index < -0.39 is 0 Å². The first-order valence-electron chi connectivity index (χ1n) is 6.66. The van der Waals surface area contributed by atoms with E-state index in [4.69, 9.17) is 5.11 Å². The van der Waals surface area contributed by atoms with Gasteiger partial charge in [0.1, 0.15) is 12.1 Å². The van der Waals surface area contributed by atoms with E-state index in [-0.39, 0.29) is 6.61 Å². The van der Waals surface area contributed by atoms with E-state index in [2.05, 4.69) is 21.4 Å². The summed E-state index contributed by atoms with van der Waals surface area (Å²) in [5, 5.41) is 9.16. The second-order valence-electron chi connectivity index (χ2n) is 4.64. The van der Waals surface area contributed by atoms with Gasteiger partial charge in [-0.25, -0.2) is 9.97 Å². The van der Waals surface area contributed by atoms with Crippen molar-refractivity contribution in [2.45, 2.75) is 32.1 Å². The molecule has 0 amide bonds. The van der Waals surface area contributed by atoms with E-state index in [0.29, 0.717) is 13.1 Å². The fraction of sp³-hybridized carbons (Fsp3) is 0.571. The highest BCUT2D eigenvalue weighted by molar-refractivity contribution is 5.49. The van der Waals surface area contributed by atoms with E-state index >= 15 is 0 Å². The highest BCUT2D eigenvalue weighted by Crippen LogP contribution is 2.26. The van der Waals surface area contributed by atoms with E-state index in [9.17, 15) is 0 Å². The maximum absolute atomic E-state index is 9.16. The molecule has 2 rings (SSSR count). The van der Waals surface area contributed by atoms with Crippen molar-refractivity contribution in [1.29, 1.82) is 0 Å². The van der Waals surface area contributed by atoms with Crippen molar-refractivity contribution >= 4 is 5.82 Å². The third-order valence-electron chi connectivity index (χ3n) is 3.37. The summed E-state index contributed by atoms with van der Waals surface area (Å²) in [6.45, 7) is 5.21. The summed E-state index contributed by atoms with van der Waals surface area (Å²) in [7, 11) is 0. The molecule has 98 valence electrons. The van der Waals surface area contributed by atoms with Crippen LogP contribution in [0.25, 0.3) is 0 Å². The van der Waals surface area contributed by atoms with E-state index in [1.165, 1.54) is 30.5 Å². The molecule has 0 unspecified atom stereocenters. The zero-order valence-electron chi connectivity index (χ0n) is 10.8. The fourth-order valence-electron chi connectivity index (χ4n) is 2.51. The average molecular weight is 247 g/mol. The van der Waals surface area contributed by atoms with Gasteiger partial charge in [-0.15, -0.1) is 6.58 Å². The van der Waals surface area contributed by atoms with Crippen LogP contribution in [0.5, 0.6) is 0 Å². The van der Waals surface area contributed by atoms with Crippen molar-refractivity contribution in [2.24, 2.45) is 0 Å². The molecule has 4 nitrogen and oxygen atoms in total. The maximum atomic E-state index is 9.16. The topological polar surface area (TPSA) is 49.2 Å². The normalized spacial score (nSPS) is 14.7. The summed E-state index contributed by atoms with van der Waals surface area (Å²) in [6, 6.07) is 0. The molecular formula is C14H21N3O. The zero-order valence-corrected chi connectivity index (χ0v) is 10.8. The fourth-order valence-corrected chi connectivity index (χ4v) is 2.51. The van der Waals surface area contributed by atoms with Crippen LogP contribution in [-0.2, 0) is 12.8 Å². The van der Waals surface area contributed by atoms with Crippen molar-refractivity contribution < 1.29 is 5.11 Å². The number of aliphatic hydroxyl groups is 1. The van der Waals surface area contributed by atoms with Gasteiger partial charge in [0.15, 0.2) is 0 Å². The first kappa shape index (κ1) is 13.0. The molecule has 0 aliphatic heterocycles. The van der Waals surface area contributed by atoms with Crippen molar-refractivity contribution in [3.63, 3.8) is 0 Å². The number of hydrogen-bond acceptors (Lipinski definition) is 4. The number of fused-ring (bicyclic) bond motifs is 1. The number of aliphatic hydroxyl groups excluding tert-OH is 1. The van der Waals surface area contributed by atoms with Crippen molar-refractivity contribution in [3.8, 4) is 0 Å². The van der Waals surface area contributed by atoms with Crippen LogP contribution in [0.3, 0.4) is 0 Å². The van der Waals surface area contributed by atoms with Gasteiger partial charge in [-0.2, -0.15) is 0 Å². The van der Waals surface area contributed by atoms with Crippen LogP contribution in [0.4, 0.5) is 5.82 Å². The number of rotatable bonds is 5. The molecule has 0 fully saturated rings. The summed E-state index contributed by atoms with van der Waals surface area (Å²) < 4.78 is 0. The minimum absolute atomic E-state index is 0.132. The molecule has 1 aromatic heterocycles. The maximum Gasteiger partial charge on any atom is 0.135 e. The van der Waals surface area contributed by atoms with Crippen molar-refractivity contribution in [1.82, 2.24) is 9.97 Å². The standard InChI is InChI=1S/C14H21N3O/c1-2-8-17(9-10-18)14-12-6-4-3-5-7-13(12)15-11-16-14/h2,11,18H,1,3-10H2. The molecule has 0 spiro atoms. The predicted octanol–water partition coefficient (Wildman–Crippen LogP) is 1.73. The molecule has 1 aromatic rings. The van der Waals surface area contributed by atoms with Gasteiger partial charge >= 0.3 is 0 Å². The molecular weight excluding hydrogens is 226 g/mol. The first-order valence-corrected chi connectivity index (χ1v) is 6.66. The van der Waals surface area contributed by atoms with Gasteiger partial charge < -0.3 is 10.0 Å². The molecule has 0 saturated heterocycles. The van der Waals surface area contributed by atoms with Crippen LogP contribution < -0.4 is 4.90 Å². The Morgan fingerprint density at radius 3 is 2.89 bits per heavy atom. The van der Waals surface area contributed by atoms with Crippen LogP contribution in [0, 0.1) is 0 Å². The molecule has 0 radical (unpaired) electrons. The second-order valence-corrected chi connectivity index (χ2v) is 4.64. The van der Waals surface area contributed by atoms with Gasteiger partial charge in [-0.3, -0.25) is 0 Å². The Balaban J connectivity index is 2.33. The minimum atomic E-state index is 0.132. The lowest BCUT2D eigenvalue weighted by atomic mass is 10.1. The van der Waals surface area contributed by atoms with E-state index in [1.807, 2.05) is 6.08 Å². The van der Waals surface area contributed by atoms with Crippen LogP contribution >= 0.6 is 0 Å². The van der Waals surface area contributed by atoms with Gasteiger partial charge in [0.25, 0.3) is 0 Å². The summed E-state index contributed by atoms with van der Waals surface area (Å²) in [6.07, 6.45) is 9.26. The Kier molecular flexibility index (Phi) is 4.70. The van der Waals surface area contributed by atoms with Crippen LogP contribution in [0.1, 0.15) is 30.5 Å². The molecule has 1 aliphatic carbocycles. The van der Waals surface area contributed by atoms with Gasteiger partial charge in [0.05, 0.1) is 6.61 Å². The number of aromatic nitrogens is 2. The first-order chi connectivity index (χ1) is 8.86. The lowest BCUT2D eigenvalue weighted by Crippen LogP contribution is -2.29. The molecule has 0 atom stereocenters. The third kappa shape index (κ3) is 2.88. The van der Waals surface area contributed by atoms with Gasteiger partial charge in [0, 0.05) is 24.3 Å². The summed E-state index contributed by atoms with van der Waals surface area (Å²) in [5.41, 5.74) is 2.45. The number of nitrogens with zero attached hydrogens (tertiary/aromatic N) is 3. The molecule has 0 saturated carbocycles. The molecule has 1 aliphatic rings. The number of anilines is 1. The Labute approximate surface area is 108 Å². The van der Waals surface area contributed by atoms with Crippen LogP contribution in [-0.4, -0.2) is 34.8 Å². The minimum Gasteiger partial charge on any atom is -0.395 e. The van der Waals surface area contributed by atoms with E-state index in [1.54, 1.807) is 6.33 Å². The Morgan fingerprint density at radius 2 is 2.11 bits per heavy atom. The van der Waals surface area contributed by atoms with Crippen molar-refractivity contribution in [2.75, 3.05) is 24.6 Å². The Morgan fingerprint density at radius 1 is 1.28 bits per heavy atom. The molecule has 0 bridgehead atoms. The largest absolute Gasteiger partial charge is 0.395 e. The molecule has 18 heavy (non-hydrogen) atoms. The van der Waals surface area contributed by atoms with Crippen LogP contribution in [0.15, 0.2) is 19.0 Å². The van der Waals surface area contributed by atoms with Gasteiger partial charge in [-0.1, -0.05) is 12.5 Å².